The van der Waals surface area contributed by atoms with Crippen molar-refractivity contribution in [2.24, 2.45) is 5.92 Å². The number of nitrogens with zero attached hydrogens (tertiary/aromatic N) is 3. The number of piperidine rings is 1. The number of rotatable bonds is 7. The molecule has 0 bridgehead atoms. The molecule has 1 aromatic carbocycles. The molecule has 4 rings (SSSR count). The molecule has 1 aliphatic rings. The van der Waals surface area contributed by atoms with E-state index in [1.54, 1.807) is 30.6 Å². The Morgan fingerprint density at radius 2 is 1.82 bits per heavy atom. The fourth-order valence-corrected chi connectivity index (χ4v) is 4.67. The van der Waals surface area contributed by atoms with Gasteiger partial charge in [-0.2, -0.15) is 0 Å². The lowest BCUT2D eigenvalue weighted by molar-refractivity contribution is 0.102. The van der Waals surface area contributed by atoms with Gasteiger partial charge in [0.1, 0.15) is 11.6 Å². The second-order valence-corrected chi connectivity index (χ2v) is 9.67. The summed E-state index contributed by atoms with van der Waals surface area (Å²) in [5.74, 6) is 1.44. The molecule has 0 unspecified atom stereocenters. The van der Waals surface area contributed by atoms with Crippen LogP contribution in [0.15, 0.2) is 60.9 Å². The lowest BCUT2D eigenvalue weighted by Crippen LogP contribution is -2.39. The Morgan fingerprint density at radius 1 is 1.09 bits per heavy atom. The van der Waals surface area contributed by atoms with Gasteiger partial charge in [-0.25, -0.2) is 9.97 Å². The monoisotopic (exact) mass is 458 g/mol. The van der Waals surface area contributed by atoms with Crippen LogP contribution in [0.4, 0.5) is 17.3 Å². The number of aromatic nitrogens is 2. The van der Waals surface area contributed by atoms with Crippen molar-refractivity contribution in [3.05, 3.63) is 77.6 Å². The third-order valence-corrected chi connectivity index (χ3v) is 6.98. The molecule has 1 aliphatic heterocycles. The Kier molecular flexibility index (Phi) is 7.12. The summed E-state index contributed by atoms with van der Waals surface area (Å²) in [5.41, 5.74) is 9.38. The SMILES string of the molecule is CN1CCC(C(C)(C)c2ccc(NC(=O)c3cccnc3NCc3ccnc(N)c3)cc2)CC1. The standard InChI is InChI=1S/C27H34N6O/c1-27(2,21-11-15-33(3)16-12-21)20-6-8-22(9-7-20)32-26(34)23-5-4-13-30-25(23)31-18-19-10-14-29-24(28)17-19/h4-10,13-14,17,21H,11-12,15-16,18H2,1-3H3,(H2,28,29)(H,30,31)(H,32,34). The van der Waals surface area contributed by atoms with Gasteiger partial charge in [0, 0.05) is 24.6 Å². The first-order valence-electron chi connectivity index (χ1n) is 11.8. The predicted octanol–water partition coefficient (Wildman–Crippen LogP) is 4.54. The first-order valence-corrected chi connectivity index (χ1v) is 11.8. The number of amides is 1. The smallest absolute Gasteiger partial charge is 0.259 e. The van der Waals surface area contributed by atoms with Crippen molar-refractivity contribution in [3.63, 3.8) is 0 Å². The molecule has 0 radical (unpaired) electrons. The third-order valence-electron chi connectivity index (χ3n) is 6.98. The molecule has 0 aliphatic carbocycles. The first-order chi connectivity index (χ1) is 16.3. The second-order valence-electron chi connectivity index (χ2n) is 9.67. The van der Waals surface area contributed by atoms with E-state index >= 15 is 0 Å². The van der Waals surface area contributed by atoms with Gasteiger partial charge in [-0.1, -0.05) is 26.0 Å². The van der Waals surface area contributed by atoms with E-state index in [1.165, 1.54) is 18.4 Å². The van der Waals surface area contributed by atoms with Gasteiger partial charge in [-0.05, 0) is 91.8 Å². The zero-order valence-electron chi connectivity index (χ0n) is 20.2. The molecule has 1 amide bonds. The highest BCUT2D eigenvalue weighted by molar-refractivity contribution is 6.07. The maximum atomic E-state index is 13.0. The number of nitrogens with one attached hydrogen (secondary N) is 2. The molecule has 3 heterocycles. The van der Waals surface area contributed by atoms with Gasteiger partial charge in [0.25, 0.3) is 5.91 Å². The normalized spacial score (nSPS) is 15.1. The summed E-state index contributed by atoms with van der Waals surface area (Å²) < 4.78 is 0. The molecule has 7 nitrogen and oxygen atoms in total. The van der Waals surface area contributed by atoms with Crippen LogP contribution in [-0.2, 0) is 12.0 Å². The van der Waals surface area contributed by atoms with Crippen LogP contribution in [0.1, 0.15) is 48.2 Å². The Morgan fingerprint density at radius 3 is 2.53 bits per heavy atom. The summed E-state index contributed by atoms with van der Waals surface area (Å²) in [6, 6.07) is 15.5. The largest absolute Gasteiger partial charge is 0.384 e. The van der Waals surface area contributed by atoms with Gasteiger partial charge in [-0.15, -0.1) is 0 Å². The number of nitrogens with two attached hydrogens (primary N) is 1. The predicted molar refractivity (Wildman–Crippen MR) is 138 cm³/mol. The number of anilines is 3. The molecule has 0 spiro atoms. The number of carbonyl (C=O) groups is 1. The maximum absolute atomic E-state index is 13.0. The molecule has 0 atom stereocenters. The summed E-state index contributed by atoms with van der Waals surface area (Å²) in [6.45, 7) is 7.46. The van der Waals surface area contributed by atoms with Crippen LogP contribution in [0.3, 0.4) is 0 Å². The Balaban J connectivity index is 1.42. The van der Waals surface area contributed by atoms with Crippen molar-refractivity contribution >= 4 is 23.2 Å². The van der Waals surface area contributed by atoms with Crippen molar-refractivity contribution in [1.82, 2.24) is 14.9 Å². The van der Waals surface area contributed by atoms with E-state index in [0.29, 0.717) is 29.7 Å². The Labute approximate surface area is 201 Å². The number of hydrogen-bond donors (Lipinski definition) is 3. The lowest BCUT2D eigenvalue weighted by atomic mass is 9.69. The molecule has 1 fully saturated rings. The third kappa shape index (κ3) is 5.54. The fraction of sp³-hybridized carbons (Fsp3) is 0.370. The van der Waals surface area contributed by atoms with Crippen molar-refractivity contribution in [2.75, 3.05) is 36.5 Å². The molecule has 3 aromatic rings. The highest BCUT2D eigenvalue weighted by atomic mass is 16.1. The summed E-state index contributed by atoms with van der Waals surface area (Å²) >= 11 is 0. The van der Waals surface area contributed by atoms with Gasteiger partial charge in [0.05, 0.1) is 5.56 Å². The topological polar surface area (TPSA) is 96.2 Å². The molecule has 4 N–H and O–H groups in total. The summed E-state index contributed by atoms with van der Waals surface area (Å²) in [7, 11) is 2.19. The summed E-state index contributed by atoms with van der Waals surface area (Å²) in [5, 5.41) is 6.25. The van der Waals surface area contributed by atoms with E-state index < -0.39 is 0 Å². The van der Waals surface area contributed by atoms with Crippen molar-refractivity contribution < 1.29 is 4.79 Å². The average molecular weight is 459 g/mol. The number of pyridine rings is 2. The van der Waals surface area contributed by atoms with Gasteiger partial charge in [0.15, 0.2) is 0 Å². The number of nitrogen functional groups attached to an aromatic ring is 1. The van der Waals surface area contributed by atoms with E-state index in [-0.39, 0.29) is 11.3 Å². The van der Waals surface area contributed by atoms with Crippen molar-refractivity contribution in [1.29, 1.82) is 0 Å². The molecule has 178 valence electrons. The van der Waals surface area contributed by atoms with E-state index in [1.807, 2.05) is 18.2 Å². The average Bonchev–Trinajstić information content (AvgIpc) is 2.83. The summed E-state index contributed by atoms with van der Waals surface area (Å²) in [6.07, 6.45) is 5.76. The zero-order valence-corrected chi connectivity index (χ0v) is 20.2. The molecule has 1 saturated heterocycles. The number of benzene rings is 1. The van der Waals surface area contributed by atoms with E-state index in [9.17, 15) is 4.79 Å². The number of hydrogen-bond acceptors (Lipinski definition) is 6. The van der Waals surface area contributed by atoms with Crippen LogP contribution in [-0.4, -0.2) is 40.9 Å². The Hall–Kier alpha value is -3.45. The van der Waals surface area contributed by atoms with Crippen LogP contribution < -0.4 is 16.4 Å². The van der Waals surface area contributed by atoms with E-state index in [2.05, 4.69) is 58.5 Å². The van der Waals surface area contributed by atoms with E-state index in [4.69, 9.17) is 5.73 Å². The summed E-state index contributed by atoms with van der Waals surface area (Å²) in [4.78, 5) is 23.8. The van der Waals surface area contributed by atoms with Gasteiger partial charge in [0.2, 0.25) is 0 Å². The maximum Gasteiger partial charge on any atom is 0.259 e. The number of likely N-dealkylation sites (tertiary alicyclic amines) is 1. The van der Waals surface area contributed by atoms with E-state index in [0.717, 1.165) is 24.3 Å². The van der Waals surface area contributed by atoms with Crippen molar-refractivity contribution in [2.45, 2.75) is 38.6 Å². The van der Waals surface area contributed by atoms with Crippen LogP contribution >= 0.6 is 0 Å². The molecule has 0 saturated carbocycles. The van der Waals surface area contributed by atoms with Crippen molar-refractivity contribution in [3.8, 4) is 0 Å². The van der Waals surface area contributed by atoms with Crippen LogP contribution in [0.25, 0.3) is 0 Å². The second kappa shape index (κ2) is 10.2. The minimum Gasteiger partial charge on any atom is -0.384 e. The molecular weight excluding hydrogens is 424 g/mol. The quantitative estimate of drug-likeness (QED) is 0.481. The fourth-order valence-electron chi connectivity index (χ4n) is 4.67. The first kappa shape index (κ1) is 23.7. The van der Waals surface area contributed by atoms with Gasteiger partial charge >= 0.3 is 0 Å². The van der Waals surface area contributed by atoms with Crippen LogP contribution in [0.5, 0.6) is 0 Å². The van der Waals surface area contributed by atoms with Gasteiger partial charge < -0.3 is 21.3 Å². The van der Waals surface area contributed by atoms with Crippen LogP contribution in [0, 0.1) is 5.92 Å². The minimum absolute atomic E-state index is 0.0978. The molecule has 2 aromatic heterocycles. The lowest BCUT2D eigenvalue weighted by Gasteiger charge is -2.40. The molecular formula is C27H34N6O. The highest BCUT2D eigenvalue weighted by Gasteiger charge is 2.33. The number of carbonyl (C=O) groups excluding carboxylic acids is 1. The molecule has 34 heavy (non-hydrogen) atoms. The highest BCUT2D eigenvalue weighted by Crippen LogP contribution is 2.38. The van der Waals surface area contributed by atoms with Crippen LogP contribution in [0.2, 0.25) is 0 Å². The Bertz CT molecular complexity index is 1120. The zero-order chi connectivity index (χ0) is 24.1. The van der Waals surface area contributed by atoms with Gasteiger partial charge in [-0.3, -0.25) is 4.79 Å². The molecule has 7 heteroatoms. The minimum atomic E-state index is -0.202.